The van der Waals surface area contributed by atoms with Crippen molar-refractivity contribution in [1.82, 2.24) is 10.4 Å². The van der Waals surface area contributed by atoms with Crippen LogP contribution in [0, 0.1) is 0 Å². The number of carbonyl (C=O) groups is 3. The predicted octanol–water partition coefficient (Wildman–Crippen LogP) is 5.86. The molecule has 0 aromatic heterocycles. The number of rotatable bonds is 11. The number of hydrazine groups is 1. The third-order valence-corrected chi connectivity index (χ3v) is 12.1. The normalized spacial score (nSPS) is 12.9. The molecule has 3 amide bonds. The summed E-state index contributed by atoms with van der Waals surface area (Å²) in [7, 11) is 0. The van der Waals surface area contributed by atoms with Gasteiger partial charge in [-0.05, 0) is 24.3 Å². The number of halogens is 2. The van der Waals surface area contributed by atoms with Crippen LogP contribution in [0.25, 0.3) is 0 Å². The average Bonchev–Trinajstić information content (AvgIpc) is 2.80. The number of anilines is 2. The van der Waals surface area contributed by atoms with Crippen LogP contribution >= 0.6 is 23.2 Å². The van der Waals surface area contributed by atoms with Gasteiger partial charge in [0.25, 0.3) is 0 Å². The Morgan fingerprint density at radius 2 is 1.37 bits per heavy atom. The van der Waals surface area contributed by atoms with Crippen LogP contribution in [-0.4, -0.2) is 66.8 Å². The fourth-order valence-electron chi connectivity index (χ4n) is 3.49. The number of amides is 3. The summed E-state index contributed by atoms with van der Waals surface area (Å²) in [5.74, 6) is -0.221. The Bertz CT molecular complexity index is 1110. The second-order valence-corrected chi connectivity index (χ2v) is 25.2. The maximum atomic E-state index is 12.6. The molecule has 2 atom stereocenters. The Kier molecular flexibility index (Phi) is 12.5. The number of benzene rings is 2. The van der Waals surface area contributed by atoms with Crippen LogP contribution in [-0.2, 0) is 14.3 Å². The van der Waals surface area contributed by atoms with Gasteiger partial charge in [0.2, 0.25) is 0 Å². The van der Waals surface area contributed by atoms with Gasteiger partial charge in [0.15, 0.2) is 0 Å². The van der Waals surface area contributed by atoms with Gasteiger partial charge >= 0.3 is 176 Å². The molecule has 0 saturated carbocycles. The molecule has 38 heavy (non-hydrogen) atoms. The summed E-state index contributed by atoms with van der Waals surface area (Å²) in [5.41, 5.74) is 3.91. The maximum absolute atomic E-state index is 12.6. The molecule has 12 heteroatoms. The molecule has 0 heterocycles. The van der Waals surface area contributed by atoms with Crippen molar-refractivity contribution in [3.8, 4) is 0 Å². The molecule has 2 rings (SSSR count). The van der Waals surface area contributed by atoms with Crippen molar-refractivity contribution < 1.29 is 23.9 Å². The van der Waals surface area contributed by atoms with Crippen molar-refractivity contribution in [3.05, 3.63) is 52.5 Å². The molecular formula is C26H36Cl2N4O5Sn. The van der Waals surface area contributed by atoms with E-state index in [4.69, 9.17) is 32.7 Å². The van der Waals surface area contributed by atoms with Crippen LogP contribution in [0.3, 0.4) is 0 Å². The van der Waals surface area contributed by atoms with E-state index >= 15 is 0 Å². The fraction of sp³-hybridized carbons (Fsp3) is 0.423. The van der Waals surface area contributed by atoms with E-state index in [2.05, 4.69) is 30.9 Å². The van der Waals surface area contributed by atoms with E-state index < -0.39 is 42.8 Å². The third kappa shape index (κ3) is 11.3. The van der Waals surface area contributed by atoms with Gasteiger partial charge in [-0.25, -0.2) is 4.79 Å². The molecule has 3 N–H and O–H groups in total. The molecule has 9 nitrogen and oxygen atoms in total. The molecule has 0 saturated heterocycles. The third-order valence-electron chi connectivity index (χ3n) is 5.29. The molecule has 0 spiro atoms. The van der Waals surface area contributed by atoms with E-state index in [1.807, 2.05) is 6.07 Å². The van der Waals surface area contributed by atoms with Crippen LogP contribution in [0.4, 0.5) is 21.0 Å². The van der Waals surface area contributed by atoms with Crippen LogP contribution in [0.5, 0.6) is 0 Å². The molecule has 0 bridgehead atoms. The molecule has 2 aromatic rings. The zero-order chi connectivity index (χ0) is 28.5. The molecule has 0 radical (unpaired) electrons. The van der Waals surface area contributed by atoms with Crippen molar-refractivity contribution >= 4 is 74.6 Å². The zero-order valence-corrected chi connectivity index (χ0v) is 26.9. The number of nitrogens with one attached hydrogen (secondary N) is 3. The van der Waals surface area contributed by atoms with Crippen LogP contribution < -0.4 is 19.6 Å². The van der Waals surface area contributed by atoms with E-state index in [0.29, 0.717) is 21.4 Å². The van der Waals surface area contributed by atoms with E-state index in [-0.39, 0.29) is 25.4 Å². The van der Waals surface area contributed by atoms with Gasteiger partial charge in [-0.3, -0.25) is 5.32 Å². The topological polar surface area (TPSA) is 109 Å². The molecule has 0 fully saturated rings. The Morgan fingerprint density at radius 1 is 0.868 bits per heavy atom. The standard InChI is InChI=1S/C23H27Cl2N4O5.3CH3.Sn/c1-4-21(30)28-29(13-15(2)33-22(31)26-19-9-5-17(24)6-10-19)14-16(3)34-23(32)27-20-11-7-18(25)8-12-20;;;;/h5-7,9-12,15-16H,4,13-14H2,1-3H3,(H,26,31)(H,27,32)(H,28,30);3*1H3;. The number of carbonyl (C=O) groups excluding carboxylic acids is 3. The van der Waals surface area contributed by atoms with Crippen molar-refractivity contribution in [3.63, 3.8) is 0 Å². The first-order valence-electron chi connectivity index (χ1n) is 12.3. The number of hydrogen-bond acceptors (Lipinski definition) is 6. The minimum atomic E-state index is -2.47. The Morgan fingerprint density at radius 3 is 1.87 bits per heavy atom. The second kappa shape index (κ2) is 14.8. The van der Waals surface area contributed by atoms with Gasteiger partial charge < -0.3 is 0 Å². The van der Waals surface area contributed by atoms with Crippen molar-refractivity contribution in [2.75, 3.05) is 23.7 Å². The summed E-state index contributed by atoms with van der Waals surface area (Å²) in [5, 5.41) is 8.21. The van der Waals surface area contributed by atoms with Gasteiger partial charge in [0, 0.05) is 10.7 Å². The summed E-state index contributed by atoms with van der Waals surface area (Å²) in [6, 6.07) is 12.0. The monoisotopic (exact) mass is 674 g/mol. The molecule has 2 aromatic carbocycles. The zero-order valence-electron chi connectivity index (χ0n) is 22.6. The van der Waals surface area contributed by atoms with Gasteiger partial charge in [-0.15, -0.1) is 0 Å². The van der Waals surface area contributed by atoms with Crippen molar-refractivity contribution in [1.29, 1.82) is 0 Å². The summed E-state index contributed by atoms with van der Waals surface area (Å²) >= 11 is 9.75. The van der Waals surface area contributed by atoms with E-state index in [1.165, 1.54) is 0 Å². The van der Waals surface area contributed by atoms with Crippen LogP contribution in [0.2, 0.25) is 24.9 Å². The van der Waals surface area contributed by atoms with E-state index in [9.17, 15) is 14.4 Å². The van der Waals surface area contributed by atoms with Crippen LogP contribution in [0.1, 0.15) is 27.2 Å². The average molecular weight is 674 g/mol. The van der Waals surface area contributed by atoms with Gasteiger partial charge in [-0.2, -0.15) is 0 Å². The molecular weight excluding hydrogens is 638 g/mol. The SMILES string of the molecule is CCC(=O)NN(CC(C)OC(=O)Nc1ccc(Cl)cc1)CC(C)OC(=O)Nc1ccc(Cl)[c]([Sn]([CH3])([CH3])[CH3])c1. The van der Waals surface area contributed by atoms with Gasteiger partial charge in [0.1, 0.15) is 0 Å². The summed E-state index contributed by atoms with van der Waals surface area (Å²) in [6.45, 7) is 5.48. The van der Waals surface area contributed by atoms with Gasteiger partial charge in [-0.1, -0.05) is 18.5 Å². The van der Waals surface area contributed by atoms with Gasteiger partial charge in [0.05, 0.1) is 0 Å². The molecule has 2 unspecified atom stereocenters. The first-order valence-corrected chi connectivity index (χ1v) is 23.1. The first kappa shape index (κ1) is 32.0. The summed E-state index contributed by atoms with van der Waals surface area (Å²) in [6.07, 6.45) is -2.18. The summed E-state index contributed by atoms with van der Waals surface area (Å²) in [4.78, 5) is 43.6. The Labute approximate surface area is 238 Å². The predicted molar refractivity (Wildman–Crippen MR) is 155 cm³/mol. The number of nitrogens with zero attached hydrogens (tertiary/aromatic N) is 1. The van der Waals surface area contributed by atoms with Crippen LogP contribution in [0.15, 0.2) is 42.5 Å². The molecule has 0 aliphatic heterocycles. The van der Waals surface area contributed by atoms with E-state index in [0.717, 1.165) is 3.58 Å². The Balaban J connectivity index is 1.94. The number of ether oxygens (including phenoxy) is 2. The van der Waals surface area contributed by atoms with E-state index in [1.54, 1.807) is 62.2 Å². The van der Waals surface area contributed by atoms with Crippen molar-refractivity contribution in [2.24, 2.45) is 0 Å². The minimum absolute atomic E-state index is 0.175. The fourth-order valence-corrected chi connectivity index (χ4v) is 9.60. The molecule has 208 valence electrons. The summed E-state index contributed by atoms with van der Waals surface area (Å²) < 4.78 is 12.0. The Hall–Kier alpha value is -2.21. The molecule has 0 aliphatic carbocycles. The quantitative estimate of drug-likeness (QED) is 0.204. The van der Waals surface area contributed by atoms with Crippen molar-refractivity contribution in [2.45, 2.75) is 54.2 Å². The number of hydrogen-bond donors (Lipinski definition) is 3. The second-order valence-electron chi connectivity index (χ2n) is 9.93. The first-order chi connectivity index (χ1) is 17.8. The molecule has 0 aliphatic rings.